The predicted molar refractivity (Wildman–Crippen MR) is 54.6 cm³/mol. The highest BCUT2D eigenvalue weighted by molar-refractivity contribution is 9.11. The predicted octanol–water partition coefficient (Wildman–Crippen LogP) is 1.96. The van der Waals surface area contributed by atoms with Crippen molar-refractivity contribution in [1.29, 1.82) is 0 Å². The number of aliphatic hydroxyl groups is 1. The summed E-state index contributed by atoms with van der Waals surface area (Å²) < 4.78 is 0.878. The fourth-order valence-electron chi connectivity index (χ4n) is 0.632. The number of anilines is 1. The van der Waals surface area contributed by atoms with Crippen molar-refractivity contribution < 1.29 is 5.11 Å². The van der Waals surface area contributed by atoms with E-state index >= 15 is 0 Å². The van der Waals surface area contributed by atoms with Crippen LogP contribution in [-0.2, 0) is 6.61 Å². The summed E-state index contributed by atoms with van der Waals surface area (Å²) in [5.74, 6) is 0. The van der Waals surface area contributed by atoms with Crippen LogP contribution < -0.4 is 5.32 Å². The smallest absolute Gasteiger partial charge is 0.183 e. The Balaban J connectivity index is 2.47. The van der Waals surface area contributed by atoms with Crippen molar-refractivity contribution in [3.63, 3.8) is 0 Å². The number of hydrogen-bond acceptors (Lipinski definition) is 4. The van der Waals surface area contributed by atoms with Crippen molar-refractivity contribution in [2.75, 3.05) is 11.9 Å². The maximum absolute atomic E-state index is 8.72. The van der Waals surface area contributed by atoms with Crippen LogP contribution in [0.2, 0.25) is 0 Å². The first-order valence-electron chi connectivity index (χ1n) is 3.35. The van der Waals surface area contributed by atoms with E-state index in [-0.39, 0.29) is 6.61 Å². The summed E-state index contributed by atoms with van der Waals surface area (Å²) in [6, 6.07) is 0. The van der Waals surface area contributed by atoms with Crippen LogP contribution in [0, 0.1) is 0 Å². The Morgan fingerprint density at radius 1 is 1.83 bits per heavy atom. The third-order valence-electron chi connectivity index (χ3n) is 1.15. The average molecular weight is 249 g/mol. The lowest BCUT2D eigenvalue weighted by molar-refractivity contribution is 0.278. The number of hydrogen-bond donors (Lipinski definition) is 2. The average Bonchev–Trinajstić information content (AvgIpc) is 2.48. The normalized spacial score (nSPS) is 9.83. The van der Waals surface area contributed by atoms with Gasteiger partial charge in [-0.25, -0.2) is 4.98 Å². The highest BCUT2D eigenvalue weighted by Crippen LogP contribution is 2.15. The van der Waals surface area contributed by atoms with Crippen LogP contribution in [0.3, 0.4) is 0 Å². The third-order valence-corrected chi connectivity index (χ3v) is 2.27. The van der Waals surface area contributed by atoms with Gasteiger partial charge in [0.15, 0.2) is 5.13 Å². The Labute approximate surface area is 83.3 Å². The second kappa shape index (κ2) is 4.59. The van der Waals surface area contributed by atoms with E-state index in [9.17, 15) is 0 Å². The zero-order valence-corrected chi connectivity index (χ0v) is 8.78. The van der Waals surface area contributed by atoms with E-state index in [1.54, 1.807) is 0 Å². The van der Waals surface area contributed by atoms with E-state index in [1.165, 1.54) is 11.3 Å². The SMILES string of the molecule is C=C(Br)CNc1nc(CO)cs1. The molecule has 0 aliphatic carbocycles. The monoisotopic (exact) mass is 248 g/mol. The molecule has 0 aliphatic rings. The van der Waals surface area contributed by atoms with Crippen LogP contribution in [0.15, 0.2) is 16.4 Å². The van der Waals surface area contributed by atoms with Crippen LogP contribution in [0.4, 0.5) is 5.13 Å². The van der Waals surface area contributed by atoms with Crippen LogP contribution in [0.25, 0.3) is 0 Å². The van der Waals surface area contributed by atoms with Gasteiger partial charge in [-0.2, -0.15) is 0 Å². The fourth-order valence-corrected chi connectivity index (χ4v) is 1.47. The lowest BCUT2D eigenvalue weighted by atomic mass is 10.5. The molecule has 0 amide bonds. The molecule has 66 valence electrons. The molecule has 1 heterocycles. The summed E-state index contributed by atoms with van der Waals surface area (Å²) in [5.41, 5.74) is 0.697. The molecule has 0 spiro atoms. The van der Waals surface area contributed by atoms with Crippen LogP contribution in [0.5, 0.6) is 0 Å². The molecule has 0 unspecified atom stereocenters. The Bertz CT molecular complexity index is 274. The molecule has 5 heteroatoms. The number of halogens is 1. The Morgan fingerprint density at radius 2 is 2.58 bits per heavy atom. The van der Waals surface area contributed by atoms with Crippen LogP contribution >= 0.6 is 27.3 Å². The van der Waals surface area contributed by atoms with E-state index in [4.69, 9.17) is 5.11 Å². The molecule has 0 saturated heterocycles. The molecule has 3 nitrogen and oxygen atoms in total. The maximum atomic E-state index is 8.72. The summed E-state index contributed by atoms with van der Waals surface area (Å²) in [6.07, 6.45) is 0. The van der Waals surface area contributed by atoms with Gasteiger partial charge in [0.1, 0.15) is 0 Å². The quantitative estimate of drug-likeness (QED) is 0.857. The first-order valence-corrected chi connectivity index (χ1v) is 5.02. The highest BCUT2D eigenvalue weighted by atomic mass is 79.9. The van der Waals surface area contributed by atoms with Gasteiger partial charge >= 0.3 is 0 Å². The van der Waals surface area contributed by atoms with Gasteiger partial charge in [-0.05, 0) is 0 Å². The van der Waals surface area contributed by atoms with E-state index < -0.39 is 0 Å². The molecule has 0 aromatic carbocycles. The molecule has 0 saturated carbocycles. The van der Waals surface area contributed by atoms with Crippen molar-refractivity contribution in [3.8, 4) is 0 Å². The van der Waals surface area contributed by atoms with Crippen LogP contribution in [0.1, 0.15) is 5.69 Å². The van der Waals surface area contributed by atoms with Crippen molar-refractivity contribution in [1.82, 2.24) is 4.98 Å². The lowest BCUT2D eigenvalue weighted by Gasteiger charge is -1.98. The third kappa shape index (κ3) is 2.92. The van der Waals surface area contributed by atoms with E-state index in [2.05, 4.69) is 32.8 Å². The molecular weight excluding hydrogens is 240 g/mol. The molecule has 12 heavy (non-hydrogen) atoms. The minimum atomic E-state index is -0.00651. The second-order valence-electron chi connectivity index (χ2n) is 2.17. The minimum absolute atomic E-state index is 0.00651. The first kappa shape index (κ1) is 9.70. The second-order valence-corrected chi connectivity index (χ2v) is 4.15. The molecule has 0 atom stereocenters. The van der Waals surface area contributed by atoms with Crippen molar-refractivity contribution in [2.24, 2.45) is 0 Å². The van der Waals surface area contributed by atoms with E-state index in [0.29, 0.717) is 12.2 Å². The molecule has 0 fully saturated rings. The van der Waals surface area contributed by atoms with Crippen molar-refractivity contribution >= 4 is 32.4 Å². The molecule has 0 radical (unpaired) electrons. The standard InChI is InChI=1S/C7H9BrN2OS/c1-5(8)2-9-7-10-6(3-11)4-12-7/h4,11H,1-3H2,(H,9,10). The molecule has 1 aromatic rings. The summed E-state index contributed by atoms with van der Waals surface area (Å²) in [7, 11) is 0. The number of thiazole rings is 1. The Morgan fingerprint density at radius 3 is 3.08 bits per heavy atom. The van der Waals surface area contributed by atoms with Gasteiger partial charge in [0.25, 0.3) is 0 Å². The van der Waals surface area contributed by atoms with E-state index in [0.717, 1.165) is 9.61 Å². The molecule has 1 rings (SSSR count). The van der Waals surface area contributed by atoms with Gasteiger partial charge in [-0.15, -0.1) is 11.3 Å². The molecular formula is C7H9BrN2OS. The largest absolute Gasteiger partial charge is 0.390 e. The van der Waals surface area contributed by atoms with Gasteiger partial charge < -0.3 is 10.4 Å². The summed E-state index contributed by atoms with van der Waals surface area (Å²) in [4.78, 5) is 4.10. The number of aliphatic hydroxyl groups excluding tert-OH is 1. The van der Waals surface area contributed by atoms with Gasteiger partial charge in [-0.1, -0.05) is 22.5 Å². The molecule has 0 bridgehead atoms. The first-order chi connectivity index (χ1) is 5.72. The zero-order chi connectivity index (χ0) is 8.97. The van der Waals surface area contributed by atoms with Crippen molar-refractivity contribution in [2.45, 2.75) is 6.61 Å². The molecule has 2 N–H and O–H groups in total. The van der Waals surface area contributed by atoms with Crippen molar-refractivity contribution in [3.05, 3.63) is 22.1 Å². The van der Waals surface area contributed by atoms with Crippen LogP contribution in [-0.4, -0.2) is 16.6 Å². The topological polar surface area (TPSA) is 45.2 Å². The Kier molecular flexibility index (Phi) is 3.71. The van der Waals surface area contributed by atoms with Gasteiger partial charge in [0.05, 0.1) is 12.3 Å². The summed E-state index contributed by atoms with van der Waals surface area (Å²) in [6.45, 7) is 4.32. The van der Waals surface area contributed by atoms with E-state index in [1.807, 2.05) is 5.38 Å². The minimum Gasteiger partial charge on any atom is -0.390 e. The van der Waals surface area contributed by atoms with Gasteiger partial charge in [-0.3, -0.25) is 0 Å². The maximum Gasteiger partial charge on any atom is 0.183 e. The van der Waals surface area contributed by atoms with Gasteiger partial charge in [0, 0.05) is 16.4 Å². The molecule has 1 aromatic heterocycles. The zero-order valence-electron chi connectivity index (χ0n) is 6.38. The number of nitrogens with zero attached hydrogens (tertiary/aromatic N) is 1. The molecule has 0 aliphatic heterocycles. The number of rotatable bonds is 4. The number of aromatic nitrogens is 1. The van der Waals surface area contributed by atoms with Gasteiger partial charge in [0.2, 0.25) is 0 Å². The number of nitrogens with one attached hydrogen (secondary N) is 1. The summed E-state index contributed by atoms with van der Waals surface area (Å²) in [5, 5.41) is 14.4. The lowest BCUT2D eigenvalue weighted by Crippen LogP contribution is -1.99. The highest BCUT2D eigenvalue weighted by Gasteiger charge is 1.99. The summed E-state index contributed by atoms with van der Waals surface area (Å²) >= 11 is 4.70. The Hall–Kier alpha value is -0.390. The fraction of sp³-hybridized carbons (Fsp3) is 0.286.